The summed E-state index contributed by atoms with van der Waals surface area (Å²) in [5, 5.41) is 8.48. The summed E-state index contributed by atoms with van der Waals surface area (Å²) in [5.41, 5.74) is 4.16. The van der Waals surface area contributed by atoms with Gasteiger partial charge in [0.15, 0.2) is 0 Å². The normalized spacial score (nSPS) is 11.5. The van der Waals surface area contributed by atoms with Crippen LogP contribution < -0.4 is 17.0 Å². The predicted octanol–water partition coefficient (Wildman–Crippen LogP) is -1.56. The number of aromatic nitrogens is 2. The summed E-state index contributed by atoms with van der Waals surface area (Å²) in [7, 11) is 0. The van der Waals surface area contributed by atoms with Gasteiger partial charge < -0.3 is 15.8 Å². The number of hydrogen-bond donors (Lipinski definition) is 4. The van der Waals surface area contributed by atoms with E-state index in [0.29, 0.717) is 0 Å². The van der Waals surface area contributed by atoms with Crippen molar-refractivity contribution in [3.63, 3.8) is 0 Å². The Morgan fingerprint density at radius 1 is 1.47 bits per heavy atom. The van der Waals surface area contributed by atoms with Crippen LogP contribution in [0.3, 0.4) is 0 Å². The molecule has 15 heavy (non-hydrogen) atoms. The van der Waals surface area contributed by atoms with Crippen molar-refractivity contribution in [3.8, 4) is 0 Å². The summed E-state index contributed by atoms with van der Waals surface area (Å²) in [6, 6.07) is -0.0306. The second-order valence-corrected chi connectivity index (χ2v) is 2.76. The van der Waals surface area contributed by atoms with Crippen LogP contribution in [0.5, 0.6) is 0 Å². The van der Waals surface area contributed by atoms with E-state index >= 15 is 0 Å². The van der Waals surface area contributed by atoms with Crippen LogP contribution in [-0.4, -0.2) is 27.1 Å². The van der Waals surface area contributed by atoms with Crippen LogP contribution in [0.1, 0.15) is 5.69 Å². The molecule has 1 aromatic rings. The molecule has 5 N–H and O–H groups in total. The molecule has 0 aliphatic heterocycles. The number of halogens is 1. The van der Waals surface area contributed by atoms with Crippen LogP contribution in [-0.2, 0) is 11.2 Å². The Balaban J connectivity index is 0.00000196. The van der Waals surface area contributed by atoms with E-state index in [-0.39, 0.29) is 24.5 Å². The molecule has 0 radical (unpaired) electrons. The molecule has 0 aliphatic rings. The maximum absolute atomic E-state index is 10.8. The molecule has 1 unspecified atom stereocenters. The van der Waals surface area contributed by atoms with Crippen molar-refractivity contribution in [1.82, 2.24) is 9.97 Å². The smallest absolute Gasteiger partial charge is 0.325 e. The molecule has 0 amide bonds. The lowest BCUT2D eigenvalue weighted by Crippen LogP contribution is -2.34. The Kier molecular flexibility index (Phi) is 4.75. The number of nitrogens with two attached hydrogens (primary N) is 1. The molecular formula is C7H10ClN3O4. The van der Waals surface area contributed by atoms with Crippen molar-refractivity contribution < 1.29 is 9.90 Å². The summed E-state index contributed by atoms with van der Waals surface area (Å²) in [5.74, 6) is -1.19. The minimum atomic E-state index is -1.19. The van der Waals surface area contributed by atoms with E-state index in [1.807, 2.05) is 4.98 Å². The number of H-pyrrole nitrogens is 2. The number of aliphatic carboxylic acids is 1. The lowest BCUT2D eigenvalue weighted by molar-refractivity contribution is -0.138. The monoisotopic (exact) mass is 235 g/mol. The molecule has 8 heteroatoms. The zero-order chi connectivity index (χ0) is 10.7. The number of aromatic amines is 2. The van der Waals surface area contributed by atoms with Gasteiger partial charge in [-0.05, 0) is 0 Å². The quantitative estimate of drug-likeness (QED) is 0.504. The van der Waals surface area contributed by atoms with E-state index in [0.717, 1.165) is 6.07 Å². The van der Waals surface area contributed by atoms with Gasteiger partial charge in [0.1, 0.15) is 6.04 Å². The largest absolute Gasteiger partial charge is 0.480 e. The predicted molar refractivity (Wildman–Crippen MR) is 54.2 cm³/mol. The average molecular weight is 236 g/mol. The van der Waals surface area contributed by atoms with Crippen molar-refractivity contribution in [3.05, 3.63) is 32.6 Å². The number of carboxylic acid groups (broad SMARTS) is 1. The van der Waals surface area contributed by atoms with Crippen LogP contribution in [0, 0.1) is 0 Å². The molecule has 0 saturated carbocycles. The highest BCUT2D eigenvalue weighted by atomic mass is 35.5. The number of nitrogens with one attached hydrogen (secondary N) is 2. The first kappa shape index (κ1) is 13.4. The molecule has 0 fully saturated rings. The second kappa shape index (κ2) is 5.32. The lowest BCUT2D eigenvalue weighted by Gasteiger charge is -2.04. The van der Waals surface area contributed by atoms with E-state index in [2.05, 4.69) is 4.98 Å². The average Bonchev–Trinajstić information content (AvgIpc) is 2.01. The Labute approximate surface area is 89.7 Å². The molecular weight excluding hydrogens is 226 g/mol. The molecule has 1 aromatic heterocycles. The second-order valence-electron chi connectivity index (χ2n) is 2.76. The van der Waals surface area contributed by atoms with E-state index in [1.165, 1.54) is 0 Å². The number of carboxylic acids is 1. The van der Waals surface area contributed by atoms with Gasteiger partial charge in [0, 0.05) is 18.2 Å². The van der Waals surface area contributed by atoms with Crippen molar-refractivity contribution in [2.75, 3.05) is 0 Å². The minimum Gasteiger partial charge on any atom is -0.480 e. The molecule has 1 heterocycles. The third-order valence-electron chi connectivity index (χ3n) is 1.57. The maximum Gasteiger partial charge on any atom is 0.325 e. The molecule has 0 aliphatic carbocycles. The van der Waals surface area contributed by atoms with Crippen LogP contribution >= 0.6 is 12.4 Å². The molecule has 84 valence electrons. The summed E-state index contributed by atoms with van der Waals surface area (Å²) >= 11 is 0. The van der Waals surface area contributed by atoms with Gasteiger partial charge in [-0.1, -0.05) is 0 Å². The highest BCUT2D eigenvalue weighted by molar-refractivity contribution is 5.85. The van der Waals surface area contributed by atoms with Crippen LogP contribution in [0.15, 0.2) is 15.7 Å². The van der Waals surface area contributed by atoms with E-state index in [1.54, 1.807) is 0 Å². The SMILES string of the molecule is Cl.NC(Cc1cc(=O)[nH]c(=O)[nH]1)C(=O)O. The van der Waals surface area contributed by atoms with Gasteiger partial charge in [-0.25, -0.2) is 4.79 Å². The Morgan fingerprint density at radius 2 is 2.07 bits per heavy atom. The Morgan fingerprint density at radius 3 is 2.53 bits per heavy atom. The first-order valence-electron chi connectivity index (χ1n) is 3.80. The van der Waals surface area contributed by atoms with E-state index in [4.69, 9.17) is 10.8 Å². The molecule has 1 atom stereocenters. The number of rotatable bonds is 3. The first-order chi connectivity index (χ1) is 6.49. The highest BCUT2D eigenvalue weighted by Gasteiger charge is 2.12. The van der Waals surface area contributed by atoms with Crippen molar-refractivity contribution in [1.29, 1.82) is 0 Å². The summed E-state index contributed by atoms with van der Waals surface area (Å²) in [6.07, 6.45) is -0.0888. The van der Waals surface area contributed by atoms with Gasteiger partial charge in [-0.2, -0.15) is 0 Å². The Hall–Kier alpha value is -1.60. The van der Waals surface area contributed by atoms with Crippen LogP contribution in [0.4, 0.5) is 0 Å². The topological polar surface area (TPSA) is 129 Å². The lowest BCUT2D eigenvalue weighted by atomic mass is 10.2. The van der Waals surface area contributed by atoms with Gasteiger partial charge >= 0.3 is 11.7 Å². The van der Waals surface area contributed by atoms with Gasteiger partial charge in [0.05, 0.1) is 0 Å². The standard InChI is InChI=1S/C7H9N3O4.ClH/c8-4(6(12)13)1-3-2-5(11)10-7(14)9-3;/h2,4H,1,8H2,(H,12,13)(H2,9,10,11,14);1H. The third-order valence-corrected chi connectivity index (χ3v) is 1.57. The summed E-state index contributed by atoms with van der Waals surface area (Å²) in [4.78, 5) is 36.2. The summed E-state index contributed by atoms with van der Waals surface area (Å²) < 4.78 is 0. The minimum absolute atomic E-state index is 0. The molecule has 1 rings (SSSR count). The van der Waals surface area contributed by atoms with Crippen LogP contribution in [0.2, 0.25) is 0 Å². The highest BCUT2D eigenvalue weighted by Crippen LogP contribution is 1.92. The Bertz CT molecular complexity index is 424. The van der Waals surface area contributed by atoms with Gasteiger partial charge in [0.2, 0.25) is 0 Å². The molecule has 7 nitrogen and oxygen atoms in total. The molecule has 0 spiro atoms. The van der Waals surface area contributed by atoms with Crippen molar-refractivity contribution >= 4 is 18.4 Å². The van der Waals surface area contributed by atoms with E-state index < -0.39 is 23.3 Å². The van der Waals surface area contributed by atoms with Crippen molar-refractivity contribution in [2.24, 2.45) is 5.73 Å². The molecule has 0 saturated heterocycles. The van der Waals surface area contributed by atoms with Crippen LogP contribution in [0.25, 0.3) is 0 Å². The fourth-order valence-corrected chi connectivity index (χ4v) is 0.954. The number of carbonyl (C=O) groups is 1. The van der Waals surface area contributed by atoms with Crippen molar-refractivity contribution in [2.45, 2.75) is 12.5 Å². The zero-order valence-corrected chi connectivity index (χ0v) is 8.34. The number of hydrogen-bond acceptors (Lipinski definition) is 4. The summed E-state index contributed by atoms with van der Waals surface area (Å²) in [6.45, 7) is 0. The first-order valence-corrected chi connectivity index (χ1v) is 3.80. The van der Waals surface area contributed by atoms with Gasteiger partial charge in [-0.15, -0.1) is 12.4 Å². The molecule has 0 bridgehead atoms. The van der Waals surface area contributed by atoms with E-state index in [9.17, 15) is 14.4 Å². The maximum atomic E-state index is 10.8. The van der Waals surface area contributed by atoms with Gasteiger partial charge in [0.25, 0.3) is 5.56 Å². The van der Waals surface area contributed by atoms with Gasteiger partial charge in [-0.3, -0.25) is 14.6 Å². The molecule has 0 aromatic carbocycles. The zero-order valence-electron chi connectivity index (χ0n) is 7.52. The fraction of sp³-hybridized carbons (Fsp3) is 0.286. The third kappa shape index (κ3) is 3.96. The fourth-order valence-electron chi connectivity index (χ4n) is 0.954.